The van der Waals surface area contributed by atoms with Crippen LogP contribution in [-0.4, -0.2) is 29.0 Å². The van der Waals surface area contributed by atoms with Gasteiger partial charge in [-0.25, -0.2) is 9.40 Å². The Hall–Kier alpha value is -1.68. The number of nitrogens with zero attached hydrogens (tertiary/aromatic N) is 2. The van der Waals surface area contributed by atoms with Gasteiger partial charge in [-0.1, -0.05) is 37.6 Å². The van der Waals surface area contributed by atoms with Crippen LogP contribution in [0.3, 0.4) is 0 Å². The summed E-state index contributed by atoms with van der Waals surface area (Å²) in [4.78, 5) is 12.2. The number of carbonyl (C=O) groups is 1. The first-order valence-corrected chi connectivity index (χ1v) is 7.06. The molecule has 2 rings (SSSR count). The Morgan fingerprint density at radius 3 is 2.90 bits per heavy atom. The van der Waals surface area contributed by atoms with Gasteiger partial charge >= 0.3 is 0 Å². The third-order valence-corrected chi connectivity index (χ3v) is 3.43. The molecule has 0 spiro atoms. The van der Waals surface area contributed by atoms with Crippen LogP contribution in [0.2, 0.25) is 0 Å². The highest BCUT2D eigenvalue weighted by Crippen LogP contribution is 2.19. The second-order valence-corrected chi connectivity index (χ2v) is 5.25. The fraction of sp³-hybridized carbons (Fsp3) is 0.438. The van der Waals surface area contributed by atoms with Crippen molar-refractivity contribution in [3.63, 3.8) is 0 Å². The topological polar surface area (TPSA) is 23.6 Å². The van der Waals surface area contributed by atoms with E-state index in [9.17, 15) is 9.18 Å². The second-order valence-electron chi connectivity index (χ2n) is 5.25. The molecule has 1 aromatic rings. The maximum absolute atomic E-state index is 13.2. The minimum atomic E-state index is -0.267. The first-order chi connectivity index (χ1) is 9.60. The van der Waals surface area contributed by atoms with Gasteiger partial charge in [-0.3, -0.25) is 9.80 Å². The summed E-state index contributed by atoms with van der Waals surface area (Å²) in [6, 6.07) is 6.42. The van der Waals surface area contributed by atoms with Crippen LogP contribution < -0.4 is 0 Å². The molecule has 108 valence electrons. The van der Waals surface area contributed by atoms with Gasteiger partial charge in [0.2, 0.25) is 5.91 Å². The van der Waals surface area contributed by atoms with Gasteiger partial charge in [-0.15, -0.1) is 0 Å². The van der Waals surface area contributed by atoms with Gasteiger partial charge in [-0.05, 0) is 24.1 Å². The zero-order chi connectivity index (χ0) is 14.5. The zero-order valence-corrected chi connectivity index (χ0v) is 11.9. The van der Waals surface area contributed by atoms with Crippen molar-refractivity contribution in [1.82, 2.24) is 10.0 Å². The lowest BCUT2D eigenvalue weighted by Crippen LogP contribution is -2.50. The second kappa shape index (κ2) is 6.66. The SMILES string of the molecule is C=C1CC(=O)N(Cc2cccc(F)c2)N(CCCC)C1. The Morgan fingerprint density at radius 1 is 1.40 bits per heavy atom. The number of rotatable bonds is 5. The van der Waals surface area contributed by atoms with Crippen molar-refractivity contribution in [3.05, 3.63) is 47.8 Å². The van der Waals surface area contributed by atoms with Gasteiger partial charge in [0.15, 0.2) is 0 Å². The molecule has 20 heavy (non-hydrogen) atoms. The predicted molar refractivity (Wildman–Crippen MR) is 77.2 cm³/mol. The minimum Gasteiger partial charge on any atom is -0.273 e. The molecule has 0 radical (unpaired) electrons. The highest BCUT2D eigenvalue weighted by Gasteiger charge is 2.27. The first-order valence-electron chi connectivity index (χ1n) is 7.06. The molecule has 1 aromatic carbocycles. The molecular formula is C16H21FN2O. The third-order valence-electron chi connectivity index (χ3n) is 3.43. The molecule has 0 bridgehead atoms. The summed E-state index contributed by atoms with van der Waals surface area (Å²) in [6.45, 7) is 8.02. The van der Waals surface area contributed by atoms with Crippen LogP contribution in [0.4, 0.5) is 4.39 Å². The van der Waals surface area contributed by atoms with Gasteiger partial charge in [0.25, 0.3) is 0 Å². The number of carbonyl (C=O) groups excluding carboxylic acids is 1. The quantitative estimate of drug-likeness (QED) is 0.771. The van der Waals surface area contributed by atoms with Crippen molar-refractivity contribution in [2.75, 3.05) is 13.1 Å². The lowest BCUT2D eigenvalue weighted by molar-refractivity contribution is -0.153. The van der Waals surface area contributed by atoms with E-state index in [0.717, 1.165) is 30.5 Å². The van der Waals surface area contributed by atoms with E-state index < -0.39 is 0 Å². The van der Waals surface area contributed by atoms with E-state index in [2.05, 4.69) is 13.5 Å². The summed E-state index contributed by atoms with van der Waals surface area (Å²) in [7, 11) is 0. The van der Waals surface area contributed by atoms with Crippen LogP contribution in [-0.2, 0) is 11.3 Å². The maximum atomic E-state index is 13.2. The van der Waals surface area contributed by atoms with Crippen LogP contribution in [0.15, 0.2) is 36.4 Å². The van der Waals surface area contributed by atoms with Gasteiger partial charge in [0, 0.05) is 13.1 Å². The Bertz CT molecular complexity index is 501. The molecule has 3 nitrogen and oxygen atoms in total. The predicted octanol–water partition coefficient (Wildman–Crippen LogP) is 3.13. The van der Waals surface area contributed by atoms with Crippen molar-refractivity contribution in [2.45, 2.75) is 32.7 Å². The van der Waals surface area contributed by atoms with E-state index in [-0.39, 0.29) is 11.7 Å². The standard InChI is InChI=1S/C16H21FN2O/c1-3-4-8-18-11-13(2)9-16(20)19(18)12-14-6-5-7-15(17)10-14/h5-7,10H,2-4,8-9,11-12H2,1H3. The number of unbranched alkanes of at least 4 members (excludes halogenated alkanes) is 1. The van der Waals surface area contributed by atoms with Gasteiger partial charge in [0.1, 0.15) is 5.82 Å². The van der Waals surface area contributed by atoms with E-state index in [1.807, 2.05) is 11.1 Å². The van der Waals surface area contributed by atoms with Crippen molar-refractivity contribution >= 4 is 5.91 Å². The van der Waals surface area contributed by atoms with Crippen molar-refractivity contribution in [3.8, 4) is 0 Å². The average molecular weight is 276 g/mol. The summed E-state index contributed by atoms with van der Waals surface area (Å²) in [6.07, 6.45) is 2.49. The Morgan fingerprint density at radius 2 is 2.20 bits per heavy atom. The average Bonchev–Trinajstić information content (AvgIpc) is 2.40. The summed E-state index contributed by atoms with van der Waals surface area (Å²) in [5.74, 6) is -0.224. The van der Waals surface area contributed by atoms with E-state index in [0.29, 0.717) is 19.5 Å². The molecule has 1 saturated heterocycles. The fourth-order valence-corrected chi connectivity index (χ4v) is 2.40. The number of halogens is 1. The summed E-state index contributed by atoms with van der Waals surface area (Å²) in [5.41, 5.74) is 1.76. The molecule has 0 aromatic heterocycles. The molecule has 1 aliphatic heterocycles. The molecule has 4 heteroatoms. The number of hydrogen-bond acceptors (Lipinski definition) is 2. The van der Waals surface area contributed by atoms with Crippen LogP contribution in [0.1, 0.15) is 31.7 Å². The molecule has 0 saturated carbocycles. The summed E-state index contributed by atoms with van der Waals surface area (Å²) < 4.78 is 13.2. The van der Waals surface area contributed by atoms with E-state index in [1.165, 1.54) is 12.1 Å². The lowest BCUT2D eigenvalue weighted by atomic mass is 10.1. The van der Waals surface area contributed by atoms with Gasteiger partial charge in [-0.2, -0.15) is 0 Å². The molecule has 0 atom stereocenters. The lowest BCUT2D eigenvalue weighted by Gasteiger charge is -2.39. The number of hydrogen-bond donors (Lipinski definition) is 0. The molecule has 0 N–H and O–H groups in total. The molecule has 0 unspecified atom stereocenters. The third kappa shape index (κ3) is 3.67. The number of hydrazine groups is 1. The van der Waals surface area contributed by atoms with Crippen LogP contribution in [0.5, 0.6) is 0 Å². The Kier molecular flexibility index (Phi) is 4.90. The molecule has 0 aliphatic carbocycles. The van der Waals surface area contributed by atoms with Crippen LogP contribution >= 0.6 is 0 Å². The molecular weight excluding hydrogens is 255 g/mol. The number of amides is 1. The van der Waals surface area contributed by atoms with E-state index >= 15 is 0 Å². The molecule has 1 aliphatic rings. The van der Waals surface area contributed by atoms with Gasteiger partial charge in [0.05, 0.1) is 13.0 Å². The van der Waals surface area contributed by atoms with Crippen molar-refractivity contribution < 1.29 is 9.18 Å². The normalized spacial score (nSPS) is 16.8. The zero-order valence-electron chi connectivity index (χ0n) is 11.9. The summed E-state index contributed by atoms with van der Waals surface area (Å²) in [5, 5.41) is 3.77. The smallest absolute Gasteiger partial charge is 0.241 e. The molecule has 1 amide bonds. The van der Waals surface area contributed by atoms with Crippen molar-refractivity contribution in [1.29, 1.82) is 0 Å². The monoisotopic (exact) mass is 276 g/mol. The Labute approximate surface area is 119 Å². The van der Waals surface area contributed by atoms with Crippen molar-refractivity contribution in [2.24, 2.45) is 0 Å². The Balaban J connectivity index is 2.12. The van der Waals surface area contributed by atoms with E-state index in [4.69, 9.17) is 0 Å². The first kappa shape index (κ1) is 14.7. The summed E-state index contributed by atoms with van der Waals surface area (Å²) >= 11 is 0. The highest BCUT2D eigenvalue weighted by atomic mass is 19.1. The molecule has 1 heterocycles. The van der Waals surface area contributed by atoms with Crippen LogP contribution in [0.25, 0.3) is 0 Å². The minimum absolute atomic E-state index is 0.0432. The maximum Gasteiger partial charge on any atom is 0.241 e. The number of benzene rings is 1. The largest absolute Gasteiger partial charge is 0.273 e. The molecule has 1 fully saturated rings. The fourth-order valence-electron chi connectivity index (χ4n) is 2.40. The van der Waals surface area contributed by atoms with E-state index in [1.54, 1.807) is 11.1 Å². The van der Waals surface area contributed by atoms with Gasteiger partial charge < -0.3 is 0 Å². The van der Waals surface area contributed by atoms with Crippen LogP contribution in [0, 0.1) is 5.82 Å². The highest BCUT2D eigenvalue weighted by molar-refractivity contribution is 5.79.